The summed E-state index contributed by atoms with van der Waals surface area (Å²) >= 11 is 3.40. The number of nitriles is 1. The molecule has 264 valence electrons. The molecule has 3 aliphatic heterocycles. The molecule has 48 heavy (non-hydrogen) atoms. The Balaban J connectivity index is 0.00000255. The van der Waals surface area contributed by atoms with Crippen molar-refractivity contribution in [1.82, 2.24) is 14.8 Å². The van der Waals surface area contributed by atoms with Crippen molar-refractivity contribution < 1.29 is 28.2 Å². The van der Waals surface area contributed by atoms with Gasteiger partial charge in [0.15, 0.2) is 5.82 Å². The number of fused-ring (bicyclic) bond motifs is 2. The second-order valence-corrected chi connectivity index (χ2v) is 15.5. The number of pyridine rings is 1. The molecule has 10 nitrogen and oxygen atoms in total. The van der Waals surface area contributed by atoms with Gasteiger partial charge in [0.25, 0.3) is 0 Å². The van der Waals surface area contributed by atoms with Crippen LogP contribution in [0.15, 0.2) is 10.5 Å². The van der Waals surface area contributed by atoms with Gasteiger partial charge in [-0.05, 0) is 115 Å². The first-order valence-electron chi connectivity index (χ1n) is 17.0. The van der Waals surface area contributed by atoms with Gasteiger partial charge in [0.2, 0.25) is 5.88 Å². The Morgan fingerprint density at radius 1 is 1.17 bits per heavy atom. The number of carbonyl (C=O) groups excluding carboxylic acids is 2. The summed E-state index contributed by atoms with van der Waals surface area (Å²) < 4.78 is 34.5. The summed E-state index contributed by atoms with van der Waals surface area (Å²) in [5.74, 6) is -0.393. The van der Waals surface area contributed by atoms with Crippen LogP contribution in [-0.4, -0.2) is 83.0 Å². The van der Waals surface area contributed by atoms with Crippen LogP contribution in [0.4, 0.5) is 19.7 Å². The normalized spacial score (nSPS) is 22.0. The van der Waals surface area contributed by atoms with Crippen molar-refractivity contribution in [3.05, 3.63) is 27.5 Å². The molecule has 1 aliphatic carbocycles. The van der Waals surface area contributed by atoms with E-state index >= 15 is 4.39 Å². The molecule has 2 amide bonds. The zero-order valence-corrected chi connectivity index (χ0v) is 31.7. The van der Waals surface area contributed by atoms with Gasteiger partial charge in [0.1, 0.15) is 23.3 Å². The maximum atomic E-state index is 16.2. The van der Waals surface area contributed by atoms with Gasteiger partial charge >= 0.3 is 12.2 Å². The Kier molecular flexibility index (Phi) is 11.6. The predicted molar refractivity (Wildman–Crippen MR) is 188 cm³/mol. The zero-order valence-electron chi connectivity index (χ0n) is 30.1. The highest BCUT2D eigenvalue weighted by atomic mass is 79.9. The van der Waals surface area contributed by atoms with Crippen molar-refractivity contribution in [3.63, 3.8) is 0 Å². The third-order valence-corrected chi connectivity index (χ3v) is 9.86. The average molecular weight is 733 g/mol. The summed E-state index contributed by atoms with van der Waals surface area (Å²) in [4.78, 5) is 37.8. The summed E-state index contributed by atoms with van der Waals surface area (Å²) in [7, 11) is 2.06. The van der Waals surface area contributed by atoms with Gasteiger partial charge < -0.3 is 24.0 Å². The first-order chi connectivity index (χ1) is 22.5. The Bertz CT molecular complexity index is 1570. The number of likely N-dealkylation sites (tertiary alicyclic amines) is 1. The SMILES string of the molecule is CC.Cc1c(OCC2CCCN2C)nc2c(F)c(Br)c(CCC#N)cc2c1N(C(=O)OC(C)(C)C)C1C2CC1N(C(=O)OC(C)(C)C)C2. The van der Waals surface area contributed by atoms with Crippen LogP contribution in [0.3, 0.4) is 0 Å². The lowest BCUT2D eigenvalue weighted by molar-refractivity contribution is 0.0216. The van der Waals surface area contributed by atoms with Gasteiger partial charge in [-0.3, -0.25) is 4.90 Å². The molecule has 0 radical (unpaired) electrons. The first kappa shape index (κ1) is 37.6. The van der Waals surface area contributed by atoms with E-state index in [1.54, 1.807) is 36.6 Å². The maximum absolute atomic E-state index is 16.2. The first-order valence-corrected chi connectivity index (χ1v) is 17.8. The average Bonchev–Trinajstić information content (AvgIpc) is 3.71. The Morgan fingerprint density at radius 2 is 1.83 bits per heavy atom. The Hall–Kier alpha value is -3.17. The summed E-state index contributed by atoms with van der Waals surface area (Å²) in [6, 6.07) is 3.37. The number of aryl methyl sites for hydroxylation is 1. The van der Waals surface area contributed by atoms with Crippen LogP contribution in [0.2, 0.25) is 0 Å². The van der Waals surface area contributed by atoms with Crippen molar-refractivity contribution in [3.8, 4) is 11.9 Å². The Morgan fingerprint density at radius 3 is 2.42 bits per heavy atom. The summed E-state index contributed by atoms with van der Waals surface area (Å²) in [6.45, 7) is 18.5. The minimum absolute atomic E-state index is 0.0393. The molecule has 4 heterocycles. The molecule has 0 spiro atoms. The van der Waals surface area contributed by atoms with Crippen molar-refractivity contribution >= 4 is 44.7 Å². The molecule has 6 rings (SSSR count). The van der Waals surface area contributed by atoms with E-state index in [-0.39, 0.29) is 40.3 Å². The largest absolute Gasteiger partial charge is 0.476 e. The molecular weight excluding hydrogens is 681 g/mol. The number of ether oxygens (including phenoxy) is 3. The van der Waals surface area contributed by atoms with Gasteiger partial charge in [-0.25, -0.2) is 19.0 Å². The highest BCUT2D eigenvalue weighted by molar-refractivity contribution is 9.10. The van der Waals surface area contributed by atoms with Crippen molar-refractivity contribution in [1.29, 1.82) is 5.26 Å². The number of benzene rings is 1. The van der Waals surface area contributed by atoms with E-state index in [0.29, 0.717) is 48.2 Å². The molecule has 12 heteroatoms. The van der Waals surface area contributed by atoms with Crippen LogP contribution >= 0.6 is 15.9 Å². The second-order valence-electron chi connectivity index (χ2n) is 14.7. The fraction of sp³-hybridized carbons (Fsp3) is 0.667. The summed E-state index contributed by atoms with van der Waals surface area (Å²) in [5.41, 5.74) is 0.148. The van der Waals surface area contributed by atoms with Crippen LogP contribution < -0.4 is 9.64 Å². The number of aromatic nitrogens is 1. The minimum atomic E-state index is -0.821. The lowest BCUT2D eigenvalue weighted by atomic mass is 9.78. The predicted octanol–water partition coefficient (Wildman–Crippen LogP) is 8.15. The lowest BCUT2D eigenvalue weighted by Gasteiger charge is -2.45. The number of halogens is 2. The molecule has 3 saturated heterocycles. The lowest BCUT2D eigenvalue weighted by Crippen LogP contribution is -2.59. The minimum Gasteiger partial charge on any atom is -0.476 e. The maximum Gasteiger partial charge on any atom is 0.415 e. The molecule has 0 N–H and O–H groups in total. The van der Waals surface area contributed by atoms with Crippen LogP contribution in [0, 0.1) is 30.0 Å². The molecule has 4 aliphatic rings. The fourth-order valence-corrected chi connectivity index (χ4v) is 7.31. The smallest absolute Gasteiger partial charge is 0.415 e. The number of rotatable bonds is 7. The number of hydrogen-bond acceptors (Lipinski definition) is 8. The molecular formula is C36H51BrFN5O5. The van der Waals surface area contributed by atoms with Gasteiger partial charge in [0, 0.05) is 35.9 Å². The fourth-order valence-electron chi connectivity index (χ4n) is 6.81. The van der Waals surface area contributed by atoms with Crippen LogP contribution in [-0.2, 0) is 15.9 Å². The van der Waals surface area contributed by atoms with E-state index in [9.17, 15) is 14.9 Å². The standard InChI is InChI=1S/C34H45BrFN5O5.C2H6/c1-19-28(41(32(43)46-34(5,6)7)29-21-16-24(29)40(17-21)31(42)45-33(2,3)4)23-15-20(11-9-13-37)25(35)26(36)27(23)38-30(19)44-18-22-12-10-14-39(22)8;1-2/h15,21-22,24,29H,9-12,14,16-18H2,1-8H3;1-2H3. The quantitative estimate of drug-likeness (QED) is 0.281. The third kappa shape index (κ3) is 7.83. The molecule has 1 saturated carbocycles. The van der Waals surface area contributed by atoms with Crippen LogP contribution in [0.1, 0.15) is 92.2 Å². The highest BCUT2D eigenvalue weighted by Gasteiger charge is 2.59. The molecule has 4 unspecified atom stereocenters. The van der Waals surface area contributed by atoms with E-state index in [1.807, 2.05) is 41.5 Å². The molecule has 1 aromatic heterocycles. The van der Waals surface area contributed by atoms with E-state index in [1.165, 1.54) is 0 Å². The topological polar surface area (TPSA) is 108 Å². The summed E-state index contributed by atoms with van der Waals surface area (Å²) in [6.07, 6.45) is 2.22. The van der Waals surface area contributed by atoms with E-state index in [0.717, 1.165) is 19.4 Å². The number of nitrogens with zero attached hydrogens (tertiary/aromatic N) is 5. The zero-order chi connectivity index (χ0) is 35.7. The van der Waals surface area contributed by atoms with E-state index in [4.69, 9.17) is 14.2 Å². The number of likely N-dealkylation sites (N-methyl/N-ethyl adjacent to an activating group) is 1. The molecule has 2 aromatic rings. The summed E-state index contributed by atoms with van der Waals surface area (Å²) in [5, 5.41) is 9.70. The number of hydrogen-bond donors (Lipinski definition) is 0. The molecule has 4 fully saturated rings. The van der Waals surface area contributed by atoms with Crippen molar-refractivity contribution in [2.24, 2.45) is 5.92 Å². The highest BCUT2D eigenvalue weighted by Crippen LogP contribution is 2.49. The van der Waals surface area contributed by atoms with Crippen LogP contribution in [0.5, 0.6) is 5.88 Å². The van der Waals surface area contributed by atoms with Gasteiger partial charge in [-0.2, -0.15) is 5.26 Å². The van der Waals surface area contributed by atoms with E-state index < -0.39 is 35.2 Å². The van der Waals surface area contributed by atoms with Gasteiger partial charge in [0.05, 0.1) is 28.3 Å². The third-order valence-electron chi connectivity index (χ3n) is 9.00. The van der Waals surface area contributed by atoms with E-state index in [2.05, 4.69) is 38.9 Å². The van der Waals surface area contributed by atoms with Crippen LogP contribution in [0.25, 0.3) is 10.9 Å². The Labute approximate surface area is 293 Å². The van der Waals surface area contributed by atoms with Crippen molar-refractivity contribution in [2.45, 2.75) is 124 Å². The monoisotopic (exact) mass is 731 g/mol. The molecule has 1 aromatic carbocycles. The molecule has 2 bridgehead atoms. The number of anilines is 1. The van der Waals surface area contributed by atoms with Crippen molar-refractivity contribution in [2.75, 3.05) is 31.6 Å². The second kappa shape index (κ2) is 14.8. The van der Waals surface area contributed by atoms with Gasteiger partial charge in [-0.1, -0.05) is 13.8 Å². The number of amides is 2. The van der Waals surface area contributed by atoms with Gasteiger partial charge in [-0.15, -0.1) is 0 Å². The number of carbonyl (C=O) groups is 2. The molecule has 4 atom stereocenters.